The zero-order valence-corrected chi connectivity index (χ0v) is 17.1. The van der Waals surface area contributed by atoms with E-state index in [0.29, 0.717) is 17.8 Å². The van der Waals surface area contributed by atoms with Gasteiger partial charge in [0.1, 0.15) is 11.6 Å². The highest BCUT2D eigenvalue weighted by Crippen LogP contribution is 2.59. The van der Waals surface area contributed by atoms with E-state index in [9.17, 15) is 18.4 Å². The third kappa shape index (κ3) is 3.06. The second kappa shape index (κ2) is 6.73. The van der Waals surface area contributed by atoms with Gasteiger partial charge in [-0.25, -0.2) is 13.6 Å². The molecule has 1 spiro atoms. The Morgan fingerprint density at radius 1 is 1.17 bits per heavy atom. The lowest BCUT2D eigenvalue weighted by molar-refractivity contribution is -0.123. The molecule has 2 aromatic rings. The molecule has 2 aliphatic rings. The summed E-state index contributed by atoms with van der Waals surface area (Å²) in [6.45, 7) is 6.40. The average Bonchev–Trinajstić information content (AvgIpc) is 3.07. The Kier molecular flexibility index (Phi) is 4.57. The first-order valence-corrected chi connectivity index (χ1v) is 10.2. The van der Waals surface area contributed by atoms with E-state index >= 15 is 0 Å². The Morgan fingerprint density at radius 2 is 1.90 bits per heavy atom. The summed E-state index contributed by atoms with van der Waals surface area (Å²) in [6.07, 6.45) is 0. The standard InChI is InChI=1S/C21H21F2N3O2S/c1-4-25-17-9-8-14(23)11-16(17)21(18(25)27)26(12-20(2,3)29-21)19(28)24-15-7-5-6-13(22)10-15/h5-11H,4,12H2,1-3H3,(H,24,28)/t21-/m1/s1. The fourth-order valence-corrected chi connectivity index (χ4v) is 5.77. The van der Waals surface area contributed by atoms with Crippen molar-refractivity contribution in [3.63, 3.8) is 0 Å². The van der Waals surface area contributed by atoms with Crippen LogP contribution >= 0.6 is 11.8 Å². The molecular weight excluding hydrogens is 396 g/mol. The molecule has 5 nitrogen and oxygen atoms in total. The van der Waals surface area contributed by atoms with Crippen LogP contribution in [0, 0.1) is 11.6 Å². The first-order chi connectivity index (χ1) is 13.7. The number of carbonyl (C=O) groups excluding carboxylic acids is 2. The monoisotopic (exact) mass is 417 g/mol. The lowest BCUT2D eigenvalue weighted by Crippen LogP contribution is -2.51. The number of amides is 3. The van der Waals surface area contributed by atoms with Gasteiger partial charge in [-0.05, 0) is 57.2 Å². The number of fused-ring (bicyclic) bond motifs is 2. The zero-order chi connectivity index (χ0) is 21.0. The molecule has 1 N–H and O–H groups in total. The summed E-state index contributed by atoms with van der Waals surface area (Å²) in [7, 11) is 0. The highest BCUT2D eigenvalue weighted by Gasteiger charge is 2.63. The minimum Gasteiger partial charge on any atom is -0.309 e. The maximum atomic E-state index is 14.2. The fourth-order valence-electron chi connectivity index (χ4n) is 4.05. The van der Waals surface area contributed by atoms with E-state index in [1.165, 1.54) is 47.0 Å². The number of likely N-dealkylation sites (N-methyl/N-ethyl adjacent to an activating group) is 1. The van der Waals surface area contributed by atoms with Gasteiger partial charge >= 0.3 is 6.03 Å². The topological polar surface area (TPSA) is 52.7 Å². The van der Waals surface area contributed by atoms with Crippen molar-refractivity contribution < 1.29 is 18.4 Å². The predicted molar refractivity (Wildman–Crippen MR) is 110 cm³/mol. The molecule has 152 valence electrons. The first-order valence-electron chi connectivity index (χ1n) is 9.34. The van der Waals surface area contributed by atoms with Gasteiger partial charge in [-0.1, -0.05) is 6.07 Å². The Morgan fingerprint density at radius 3 is 2.59 bits per heavy atom. The van der Waals surface area contributed by atoms with Gasteiger partial charge in [-0.2, -0.15) is 0 Å². The van der Waals surface area contributed by atoms with Crippen molar-refractivity contribution in [3.8, 4) is 0 Å². The number of hydrogen-bond acceptors (Lipinski definition) is 3. The molecule has 2 aromatic carbocycles. The van der Waals surface area contributed by atoms with E-state index in [0.717, 1.165) is 0 Å². The minimum absolute atomic E-state index is 0.273. The second-order valence-corrected chi connectivity index (χ2v) is 9.64. The van der Waals surface area contributed by atoms with Crippen molar-refractivity contribution in [2.24, 2.45) is 0 Å². The molecule has 1 saturated heterocycles. The number of halogens is 2. The smallest absolute Gasteiger partial charge is 0.309 e. The van der Waals surface area contributed by atoms with Crippen LogP contribution in [0.3, 0.4) is 0 Å². The van der Waals surface area contributed by atoms with Crippen LogP contribution in [0.1, 0.15) is 26.3 Å². The molecule has 1 fully saturated rings. The Hall–Kier alpha value is -2.61. The van der Waals surface area contributed by atoms with Crippen molar-refractivity contribution in [1.82, 2.24) is 4.90 Å². The molecule has 29 heavy (non-hydrogen) atoms. The molecule has 4 rings (SSSR count). The molecule has 0 aromatic heterocycles. The lowest BCUT2D eigenvalue weighted by Gasteiger charge is -2.33. The van der Waals surface area contributed by atoms with Crippen LogP contribution in [0.4, 0.5) is 25.0 Å². The van der Waals surface area contributed by atoms with Gasteiger partial charge in [0.15, 0.2) is 4.87 Å². The van der Waals surface area contributed by atoms with Gasteiger partial charge in [0, 0.05) is 29.1 Å². The van der Waals surface area contributed by atoms with Crippen LogP contribution in [0.2, 0.25) is 0 Å². The number of nitrogens with zero attached hydrogens (tertiary/aromatic N) is 2. The van der Waals surface area contributed by atoms with Gasteiger partial charge < -0.3 is 10.2 Å². The number of anilines is 2. The highest BCUT2D eigenvalue weighted by atomic mass is 32.2. The van der Waals surface area contributed by atoms with Gasteiger partial charge in [-0.3, -0.25) is 9.69 Å². The first kappa shape index (κ1) is 19.7. The van der Waals surface area contributed by atoms with Gasteiger partial charge in [0.25, 0.3) is 5.91 Å². The summed E-state index contributed by atoms with van der Waals surface area (Å²) >= 11 is 1.34. The average molecular weight is 417 g/mol. The molecule has 0 bridgehead atoms. The Labute approximate surface area is 172 Å². The van der Waals surface area contributed by atoms with Crippen LogP contribution in [-0.2, 0) is 9.67 Å². The third-order valence-electron chi connectivity index (χ3n) is 5.13. The van der Waals surface area contributed by atoms with E-state index in [1.807, 2.05) is 20.8 Å². The van der Waals surface area contributed by atoms with Crippen molar-refractivity contribution in [3.05, 3.63) is 59.7 Å². The third-order valence-corrected chi connectivity index (χ3v) is 6.72. The molecule has 0 aliphatic carbocycles. The molecule has 3 amide bonds. The summed E-state index contributed by atoms with van der Waals surface area (Å²) < 4.78 is 27.3. The highest BCUT2D eigenvalue weighted by molar-refractivity contribution is 8.02. The van der Waals surface area contributed by atoms with E-state index in [2.05, 4.69) is 5.32 Å². The van der Waals surface area contributed by atoms with Gasteiger partial charge in [0.05, 0.1) is 5.69 Å². The van der Waals surface area contributed by atoms with E-state index in [-0.39, 0.29) is 18.1 Å². The van der Waals surface area contributed by atoms with E-state index in [4.69, 9.17) is 0 Å². The second-order valence-electron chi connectivity index (χ2n) is 7.74. The van der Waals surface area contributed by atoms with Crippen LogP contribution in [0.15, 0.2) is 42.5 Å². The zero-order valence-electron chi connectivity index (χ0n) is 16.3. The van der Waals surface area contributed by atoms with Crippen molar-refractivity contribution in [2.45, 2.75) is 30.4 Å². The number of rotatable bonds is 2. The summed E-state index contributed by atoms with van der Waals surface area (Å²) in [5.74, 6) is -1.22. The normalized spacial score (nSPS) is 22.3. The number of benzene rings is 2. The summed E-state index contributed by atoms with van der Waals surface area (Å²) in [6, 6.07) is 9.25. The van der Waals surface area contributed by atoms with E-state index < -0.39 is 27.3 Å². The maximum Gasteiger partial charge on any atom is 0.323 e. The number of thioether (sulfide) groups is 1. The molecule has 0 saturated carbocycles. The SMILES string of the molecule is CCN1C(=O)[C@]2(SC(C)(C)CN2C(=O)Nc2cccc(F)c2)c2cc(F)ccc21. The largest absolute Gasteiger partial charge is 0.323 e. The molecule has 1 atom stereocenters. The number of carbonyl (C=O) groups is 2. The Balaban J connectivity index is 1.81. The van der Waals surface area contributed by atoms with Crippen molar-refractivity contribution in [1.29, 1.82) is 0 Å². The quantitative estimate of drug-likeness (QED) is 0.780. The van der Waals surface area contributed by atoms with Gasteiger partial charge in [-0.15, -0.1) is 11.8 Å². The maximum absolute atomic E-state index is 14.2. The van der Waals surface area contributed by atoms with Crippen LogP contribution in [0.5, 0.6) is 0 Å². The lowest BCUT2D eigenvalue weighted by atomic mass is 10.0. The molecular formula is C21H21F2N3O2S. The predicted octanol–water partition coefficient (Wildman–Crippen LogP) is 4.54. The molecule has 8 heteroatoms. The van der Waals surface area contributed by atoms with Gasteiger partial charge in [0.2, 0.25) is 0 Å². The number of urea groups is 1. The fraction of sp³-hybridized carbons (Fsp3) is 0.333. The van der Waals surface area contributed by atoms with Crippen molar-refractivity contribution in [2.75, 3.05) is 23.3 Å². The summed E-state index contributed by atoms with van der Waals surface area (Å²) in [5, 5.41) is 2.68. The van der Waals surface area contributed by atoms with Crippen molar-refractivity contribution >= 4 is 35.1 Å². The molecule has 0 radical (unpaired) electrons. The number of nitrogens with one attached hydrogen (secondary N) is 1. The molecule has 2 heterocycles. The Bertz CT molecular complexity index is 1010. The van der Waals surface area contributed by atoms with E-state index in [1.54, 1.807) is 17.0 Å². The molecule has 0 unspecified atom stereocenters. The van der Waals surface area contributed by atoms with Crippen LogP contribution in [0.25, 0.3) is 0 Å². The number of hydrogen-bond donors (Lipinski definition) is 1. The minimum atomic E-state index is -1.37. The molecule has 2 aliphatic heterocycles. The van der Waals surface area contributed by atoms with Crippen LogP contribution in [-0.4, -0.2) is 34.7 Å². The summed E-state index contributed by atoms with van der Waals surface area (Å²) in [5.41, 5.74) is 1.36. The summed E-state index contributed by atoms with van der Waals surface area (Å²) in [4.78, 5) is 28.4. The van der Waals surface area contributed by atoms with Crippen LogP contribution < -0.4 is 10.2 Å².